The van der Waals surface area contributed by atoms with Crippen molar-refractivity contribution in [3.8, 4) is 5.75 Å². The van der Waals surface area contributed by atoms with Crippen LogP contribution in [0.5, 0.6) is 5.75 Å². The lowest BCUT2D eigenvalue weighted by molar-refractivity contribution is 0.537. The van der Waals surface area contributed by atoms with Crippen LogP contribution in [0, 0.1) is 6.92 Å². The van der Waals surface area contributed by atoms with Gasteiger partial charge in [0.2, 0.25) is 0 Å². The summed E-state index contributed by atoms with van der Waals surface area (Å²) in [5, 5.41) is 1.98. The van der Waals surface area contributed by atoms with Crippen LogP contribution in [0.3, 0.4) is 0 Å². The van der Waals surface area contributed by atoms with Crippen LogP contribution in [0.15, 0.2) is 36.4 Å². The predicted octanol–water partition coefficient (Wildman–Crippen LogP) is 1.35. The molecule has 2 heteroatoms. The second-order valence-corrected chi connectivity index (χ2v) is 3.84. The van der Waals surface area contributed by atoms with Gasteiger partial charge in [0.15, 0.2) is 0 Å². The molecule has 1 aliphatic heterocycles. The summed E-state index contributed by atoms with van der Waals surface area (Å²) in [4.78, 5) is 4.44. The van der Waals surface area contributed by atoms with Crippen LogP contribution in [-0.2, 0) is 0 Å². The molecule has 0 fully saturated rings. The SMILES string of the molecule is Cc1ccc2c(n1)=COc1ccccc1C=2. The number of pyridine rings is 1. The number of hydrogen-bond donors (Lipinski definition) is 0. The highest BCUT2D eigenvalue weighted by Gasteiger charge is 2.02. The number of ether oxygens (including phenoxy) is 1. The fraction of sp³-hybridized carbons (Fsp3) is 0.0714. The minimum Gasteiger partial charge on any atom is -0.462 e. The average Bonchev–Trinajstić information content (AvgIpc) is 2.48. The number of nitrogens with zero attached hydrogens (tertiary/aromatic N) is 1. The largest absolute Gasteiger partial charge is 0.462 e. The Balaban J connectivity index is 2.33. The molecule has 0 atom stereocenters. The van der Waals surface area contributed by atoms with E-state index in [2.05, 4.69) is 17.1 Å². The second kappa shape index (κ2) is 3.49. The van der Waals surface area contributed by atoms with E-state index in [1.807, 2.05) is 37.3 Å². The van der Waals surface area contributed by atoms with E-state index in [0.29, 0.717) is 0 Å². The third-order valence-corrected chi connectivity index (χ3v) is 2.62. The molecule has 0 unspecified atom stereocenters. The summed E-state index contributed by atoms with van der Waals surface area (Å²) in [6, 6.07) is 12.1. The van der Waals surface area contributed by atoms with Gasteiger partial charge in [0, 0.05) is 16.5 Å². The molecule has 0 saturated heterocycles. The Morgan fingerprint density at radius 3 is 2.88 bits per heavy atom. The molecule has 3 rings (SSSR count). The molecule has 2 aromatic rings. The summed E-state index contributed by atoms with van der Waals surface area (Å²) in [7, 11) is 0. The number of benzene rings is 1. The van der Waals surface area contributed by atoms with Gasteiger partial charge in [0.25, 0.3) is 0 Å². The van der Waals surface area contributed by atoms with Crippen molar-refractivity contribution in [1.82, 2.24) is 4.98 Å². The second-order valence-electron chi connectivity index (χ2n) is 3.84. The molecule has 0 bridgehead atoms. The maximum Gasteiger partial charge on any atom is 0.133 e. The van der Waals surface area contributed by atoms with E-state index in [0.717, 1.165) is 27.6 Å². The van der Waals surface area contributed by atoms with Crippen molar-refractivity contribution in [2.24, 2.45) is 0 Å². The number of hydrogen-bond acceptors (Lipinski definition) is 2. The quantitative estimate of drug-likeness (QED) is 0.653. The molecule has 0 aliphatic carbocycles. The lowest BCUT2D eigenvalue weighted by atomic mass is 10.1. The highest BCUT2D eigenvalue weighted by Crippen LogP contribution is 2.19. The van der Waals surface area contributed by atoms with Gasteiger partial charge in [-0.25, -0.2) is 4.98 Å². The monoisotopic (exact) mass is 209 g/mol. The predicted molar refractivity (Wildman–Crippen MR) is 63.3 cm³/mol. The van der Waals surface area contributed by atoms with E-state index >= 15 is 0 Å². The maximum absolute atomic E-state index is 5.61. The summed E-state index contributed by atoms with van der Waals surface area (Å²) in [6.07, 6.45) is 3.81. The molecule has 2 heterocycles. The topological polar surface area (TPSA) is 22.1 Å². The van der Waals surface area contributed by atoms with Crippen molar-refractivity contribution in [1.29, 1.82) is 0 Å². The molecule has 16 heavy (non-hydrogen) atoms. The van der Waals surface area contributed by atoms with Crippen LogP contribution < -0.4 is 15.3 Å². The van der Waals surface area contributed by atoms with Gasteiger partial charge < -0.3 is 4.74 Å². The Morgan fingerprint density at radius 1 is 1.06 bits per heavy atom. The summed E-state index contributed by atoms with van der Waals surface area (Å²) < 4.78 is 5.61. The zero-order valence-corrected chi connectivity index (χ0v) is 8.97. The lowest BCUT2D eigenvalue weighted by Gasteiger charge is -2.01. The Labute approximate surface area is 93.5 Å². The van der Waals surface area contributed by atoms with Gasteiger partial charge in [-0.15, -0.1) is 0 Å². The fourth-order valence-corrected chi connectivity index (χ4v) is 1.80. The molecule has 1 aromatic heterocycles. The van der Waals surface area contributed by atoms with Crippen molar-refractivity contribution in [3.63, 3.8) is 0 Å². The molecular weight excluding hydrogens is 198 g/mol. The van der Waals surface area contributed by atoms with Crippen LogP contribution in [0.25, 0.3) is 12.3 Å². The first-order chi connectivity index (χ1) is 7.83. The number of aromatic nitrogens is 1. The molecule has 0 saturated carbocycles. The van der Waals surface area contributed by atoms with Crippen molar-refractivity contribution in [2.45, 2.75) is 6.92 Å². The lowest BCUT2D eigenvalue weighted by Crippen LogP contribution is -2.28. The normalized spacial score (nSPS) is 12.3. The number of aryl methyl sites for hydroxylation is 1. The average molecular weight is 209 g/mol. The molecule has 2 nitrogen and oxygen atoms in total. The van der Waals surface area contributed by atoms with Gasteiger partial charge in [-0.3, -0.25) is 0 Å². The minimum atomic E-state index is 0.873. The van der Waals surface area contributed by atoms with Crippen molar-refractivity contribution < 1.29 is 4.74 Å². The fourth-order valence-electron chi connectivity index (χ4n) is 1.80. The third kappa shape index (κ3) is 1.48. The van der Waals surface area contributed by atoms with E-state index in [-0.39, 0.29) is 0 Å². The highest BCUT2D eigenvalue weighted by molar-refractivity contribution is 5.59. The zero-order chi connectivity index (χ0) is 11.0. The number of rotatable bonds is 0. The van der Waals surface area contributed by atoms with Crippen LogP contribution in [-0.4, -0.2) is 4.98 Å². The van der Waals surface area contributed by atoms with Crippen molar-refractivity contribution >= 4 is 12.3 Å². The van der Waals surface area contributed by atoms with Gasteiger partial charge >= 0.3 is 0 Å². The smallest absolute Gasteiger partial charge is 0.133 e. The third-order valence-electron chi connectivity index (χ3n) is 2.62. The molecule has 1 aliphatic rings. The Hall–Kier alpha value is -2.09. The maximum atomic E-state index is 5.61. The number of para-hydroxylation sites is 1. The molecule has 0 amide bonds. The van der Waals surface area contributed by atoms with Crippen LogP contribution in [0.4, 0.5) is 0 Å². The van der Waals surface area contributed by atoms with Crippen LogP contribution in [0.2, 0.25) is 0 Å². The summed E-state index contributed by atoms with van der Waals surface area (Å²) in [5.41, 5.74) is 2.08. The van der Waals surface area contributed by atoms with E-state index < -0.39 is 0 Å². The van der Waals surface area contributed by atoms with Crippen LogP contribution in [0.1, 0.15) is 11.3 Å². The van der Waals surface area contributed by atoms with Gasteiger partial charge in [0.1, 0.15) is 17.4 Å². The number of fused-ring (bicyclic) bond motifs is 2. The molecule has 0 radical (unpaired) electrons. The molecule has 0 spiro atoms. The van der Waals surface area contributed by atoms with Gasteiger partial charge in [0.05, 0.1) is 0 Å². The van der Waals surface area contributed by atoms with E-state index in [1.54, 1.807) is 6.26 Å². The first-order valence-electron chi connectivity index (χ1n) is 5.24. The Kier molecular flexibility index (Phi) is 2.00. The standard InChI is InChI=1S/C14H11NO/c1-10-6-7-11-8-12-4-2-3-5-14(12)16-9-13(11)15-10/h2-9H,1H3. The molecule has 78 valence electrons. The van der Waals surface area contributed by atoms with Crippen LogP contribution >= 0.6 is 0 Å². The first kappa shape index (κ1) is 9.16. The van der Waals surface area contributed by atoms with E-state index in [4.69, 9.17) is 4.74 Å². The Bertz CT molecular complexity index is 659. The van der Waals surface area contributed by atoms with Crippen molar-refractivity contribution in [3.05, 3.63) is 58.2 Å². The van der Waals surface area contributed by atoms with Crippen molar-refractivity contribution in [2.75, 3.05) is 0 Å². The van der Waals surface area contributed by atoms with E-state index in [1.165, 1.54) is 0 Å². The molecule has 0 N–H and O–H groups in total. The van der Waals surface area contributed by atoms with E-state index in [9.17, 15) is 0 Å². The summed E-state index contributed by atoms with van der Waals surface area (Å²) in [5.74, 6) is 0.873. The Morgan fingerprint density at radius 2 is 1.94 bits per heavy atom. The summed E-state index contributed by atoms with van der Waals surface area (Å²) in [6.45, 7) is 1.98. The molecular formula is C14H11NO. The summed E-state index contributed by atoms with van der Waals surface area (Å²) >= 11 is 0. The van der Waals surface area contributed by atoms with Gasteiger partial charge in [-0.2, -0.15) is 0 Å². The molecule has 1 aromatic carbocycles. The van der Waals surface area contributed by atoms with Gasteiger partial charge in [-0.1, -0.05) is 24.3 Å². The zero-order valence-electron chi connectivity index (χ0n) is 8.97. The highest BCUT2D eigenvalue weighted by atomic mass is 16.5. The first-order valence-corrected chi connectivity index (χ1v) is 5.24. The minimum absolute atomic E-state index is 0.873. The van der Waals surface area contributed by atoms with Gasteiger partial charge in [-0.05, 0) is 25.1 Å².